The summed E-state index contributed by atoms with van der Waals surface area (Å²) in [6.07, 6.45) is 3.17. The van der Waals surface area contributed by atoms with Crippen molar-refractivity contribution in [3.63, 3.8) is 0 Å². The molecule has 4 heterocycles. The summed E-state index contributed by atoms with van der Waals surface area (Å²) in [4.78, 5) is 9.04. The maximum atomic E-state index is 12.2. The van der Waals surface area contributed by atoms with Gasteiger partial charge in [-0.05, 0) is 12.8 Å². The van der Waals surface area contributed by atoms with Gasteiger partial charge in [0.2, 0.25) is 5.88 Å². The fourth-order valence-corrected chi connectivity index (χ4v) is 2.89. The molecule has 1 aliphatic heterocycles. The highest BCUT2D eigenvalue weighted by molar-refractivity contribution is 5.75. The molecule has 9 nitrogen and oxygen atoms in total. The summed E-state index contributed by atoms with van der Waals surface area (Å²) in [7, 11) is 0. The Morgan fingerprint density at radius 3 is 3.08 bits per heavy atom. The third-order valence-electron chi connectivity index (χ3n) is 4.09. The number of hydrogen-bond donors (Lipinski definition) is 2. The first kappa shape index (κ1) is 16.6. The lowest BCUT2D eigenvalue weighted by Gasteiger charge is -2.09. The van der Waals surface area contributed by atoms with Crippen molar-refractivity contribution in [2.45, 2.75) is 32.4 Å². The SMILES string of the molecule is CCc1nn([C@@H]2CCOC2)c2nc(Nc3cc(OC(F)F)[nH]n3)cnc12. The monoisotopic (exact) mass is 365 g/mol. The van der Waals surface area contributed by atoms with E-state index in [0.29, 0.717) is 30.5 Å². The molecule has 1 atom stereocenters. The van der Waals surface area contributed by atoms with Gasteiger partial charge in [-0.1, -0.05) is 6.92 Å². The van der Waals surface area contributed by atoms with Gasteiger partial charge in [0.25, 0.3) is 0 Å². The molecule has 0 aliphatic carbocycles. The van der Waals surface area contributed by atoms with E-state index in [1.807, 2.05) is 11.6 Å². The smallest absolute Gasteiger partial charge is 0.388 e. The first-order valence-electron chi connectivity index (χ1n) is 8.23. The molecule has 1 aliphatic rings. The number of aromatic amines is 1. The average molecular weight is 365 g/mol. The molecule has 3 aromatic rings. The number of anilines is 2. The standard InChI is InChI=1S/C15H17F2N7O2/c1-2-9-13-14(24(23-9)8-3-4-25-7-8)20-11(6-18-13)19-10-5-12(22-21-10)26-15(16)17/h5-6,8,15H,2-4,7H2,1H3,(H2,19,20,21,22)/t8-/m1/s1. The van der Waals surface area contributed by atoms with Gasteiger partial charge in [-0.25, -0.2) is 19.7 Å². The van der Waals surface area contributed by atoms with Gasteiger partial charge in [-0.15, -0.1) is 0 Å². The normalized spacial score (nSPS) is 17.3. The van der Waals surface area contributed by atoms with E-state index in [-0.39, 0.29) is 11.9 Å². The number of halogens is 2. The number of aromatic nitrogens is 6. The van der Waals surface area contributed by atoms with Gasteiger partial charge in [0, 0.05) is 12.7 Å². The molecule has 0 spiro atoms. The van der Waals surface area contributed by atoms with Crippen LogP contribution in [0.2, 0.25) is 0 Å². The van der Waals surface area contributed by atoms with Crippen molar-refractivity contribution in [3.8, 4) is 5.88 Å². The van der Waals surface area contributed by atoms with Crippen molar-refractivity contribution in [1.29, 1.82) is 0 Å². The Morgan fingerprint density at radius 1 is 1.46 bits per heavy atom. The zero-order valence-corrected chi connectivity index (χ0v) is 13.9. The van der Waals surface area contributed by atoms with Gasteiger partial charge >= 0.3 is 6.61 Å². The van der Waals surface area contributed by atoms with Crippen molar-refractivity contribution in [1.82, 2.24) is 29.9 Å². The van der Waals surface area contributed by atoms with Crippen LogP contribution in [0.25, 0.3) is 11.2 Å². The molecule has 26 heavy (non-hydrogen) atoms. The minimum Gasteiger partial charge on any atom is -0.417 e. The fourth-order valence-electron chi connectivity index (χ4n) is 2.89. The van der Waals surface area contributed by atoms with Crippen LogP contribution in [0.1, 0.15) is 25.1 Å². The highest BCUT2D eigenvalue weighted by Crippen LogP contribution is 2.26. The highest BCUT2D eigenvalue weighted by atomic mass is 19.3. The predicted octanol–water partition coefficient (Wildman–Crippen LogP) is 2.42. The van der Waals surface area contributed by atoms with Crippen LogP contribution in [-0.4, -0.2) is 49.8 Å². The van der Waals surface area contributed by atoms with Crippen LogP contribution in [0, 0.1) is 0 Å². The second kappa shape index (κ2) is 6.83. The van der Waals surface area contributed by atoms with E-state index in [9.17, 15) is 8.78 Å². The molecule has 1 fully saturated rings. The lowest BCUT2D eigenvalue weighted by atomic mass is 10.2. The number of H-pyrrole nitrogens is 1. The van der Waals surface area contributed by atoms with E-state index in [4.69, 9.17) is 4.74 Å². The van der Waals surface area contributed by atoms with Gasteiger partial charge in [-0.2, -0.15) is 19.0 Å². The molecule has 0 radical (unpaired) electrons. The van der Waals surface area contributed by atoms with Gasteiger partial charge in [0.1, 0.15) is 5.52 Å². The number of nitrogens with one attached hydrogen (secondary N) is 2. The summed E-state index contributed by atoms with van der Waals surface area (Å²) in [5.41, 5.74) is 2.27. The largest absolute Gasteiger partial charge is 0.417 e. The van der Waals surface area contributed by atoms with Crippen molar-refractivity contribution in [2.75, 3.05) is 18.5 Å². The van der Waals surface area contributed by atoms with Gasteiger partial charge in [-0.3, -0.25) is 0 Å². The van der Waals surface area contributed by atoms with Crippen LogP contribution in [-0.2, 0) is 11.2 Å². The minimum absolute atomic E-state index is 0.124. The first-order valence-corrected chi connectivity index (χ1v) is 8.23. The minimum atomic E-state index is -2.92. The summed E-state index contributed by atoms with van der Waals surface area (Å²) < 4.78 is 36.0. The average Bonchev–Trinajstić information content (AvgIpc) is 3.33. The Bertz CT molecular complexity index is 905. The molecule has 4 rings (SSSR count). The molecule has 0 saturated carbocycles. The first-order chi connectivity index (χ1) is 12.6. The topological polar surface area (TPSA) is 103 Å². The van der Waals surface area contributed by atoms with E-state index in [1.54, 1.807) is 6.20 Å². The van der Waals surface area contributed by atoms with Crippen LogP contribution in [0.5, 0.6) is 5.88 Å². The van der Waals surface area contributed by atoms with Crippen molar-refractivity contribution < 1.29 is 18.3 Å². The number of fused-ring (bicyclic) bond motifs is 1. The second-order valence-corrected chi connectivity index (χ2v) is 5.81. The van der Waals surface area contributed by atoms with Crippen molar-refractivity contribution in [3.05, 3.63) is 18.0 Å². The predicted molar refractivity (Wildman–Crippen MR) is 87.7 cm³/mol. The molecule has 0 amide bonds. The maximum absolute atomic E-state index is 12.2. The molecule has 0 unspecified atom stereocenters. The summed E-state index contributed by atoms with van der Waals surface area (Å²) in [5.74, 6) is 0.577. The zero-order valence-electron chi connectivity index (χ0n) is 13.9. The van der Waals surface area contributed by atoms with Crippen LogP contribution >= 0.6 is 0 Å². The van der Waals surface area contributed by atoms with E-state index < -0.39 is 6.61 Å². The summed E-state index contributed by atoms with van der Waals surface area (Å²) >= 11 is 0. The summed E-state index contributed by atoms with van der Waals surface area (Å²) in [6.45, 7) is 0.376. The van der Waals surface area contributed by atoms with Crippen LogP contribution in [0.3, 0.4) is 0 Å². The Morgan fingerprint density at radius 2 is 2.35 bits per heavy atom. The third-order valence-corrected chi connectivity index (χ3v) is 4.09. The Hall–Kier alpha value is -2.82. The molecule has 3 aromatic heterocycles. The van der Waals surface area contributed by atoms with Crippen LogP contribution < -0.4 is 10.1 Å². The quantitative estimate of drug-likeness (QED) is 0.691. The molecule has 0 aromatic carbocycles. The molecular formula is C15H17F2N7O2. The van der Waals surface area contributed by atoms with E-state index in [1.165, 1.54) is 6.07 Å². The molecule has 1 saturated heterocycles. The number of nitrogens with zero attached hydrogens (tertiary/aromatic N) is 5. The zero-order chi connectivity index (χ0) is 18.1. The van der Waals surface area contributed by atoms with E-state index in [0.717, 1.165) is 24.1 Å². The molecule has 11 heteroatoms. The molecule has 0 bridgehead atoms. The number of rotatable bonds is 6. The van der Waals surface area contributed by atoms with Gasteiger partial charge in [0.15, 0.2) is 17.3 Å². The maximum Gasteiger partial charge on any atom is 0.388 e. The molecule has 2 N–H and O–H groups in total. The molecule has 138 valence electrons. The van der Waals surface area contributed by atoms with Gasteiger partial charge < -0.3 is 14.8 Å². The van der Waals surface area contributed by atoms with Crippen LogP contribution in [0.15, 0.2) is 12.3 Å². The van der Waals surface area contributed by atoms with Crippen LogP contribution in [0.4, 0.5) is 20.4 Å². The second-order valence-electron chi connectivity index (χ2n) is 5.81. The Balaban J connectivity index is 1.63. The summed E-state index contributed by atoms with van der Waals surface area (Å²) in [6, 6.07) is 1.44. The number of ether oxygens (including phenoxy) is 2. The summed E-state index contributed by atoms with van der Waals surface area (Å²) in [5, 5.41) is 13.8. The number of hydrogen-bond acceptors (Lipinski definition) is 7. The van der Waals surface area contributed by atoms with E-state index in [2.05, 4.69) is 35.3 Å². The van der Waals surface area contributed by atoms with Crippen molar-refractivity contribution >= 4 is 22.8 Å². The highest BCUT2D eigenvalue weighted by Gasteiger charge is 2.23. The Labute approximate surface area is 146 Å². The molecular weight excluding hydrogens is 348 g/mol. The third kappa shape index (κ3) is 3.17. The Kier molecular flexibility index (Phi) is 4.37. The lowest BCUT2D eigenvalue weighted by molar-refractivity contribution is -0.0528. The number of alkyl halides is 2. The van der Waals surface area contributed by atoms with Crippen molar-refractivity contribution in [2.24, 2.45) is 0 Å². The lowest BCUT2D eigenvalue weighted by Crippen LogP contribution is -2.11. The fraction of sp³-hybridized carbons (Fsp3) is 0.467. The number of aryl methyl sites for hydroxylation is 1. The van der Waals surface area contributed by atoms with Gasteiger partial charge in [0.05, 0.1) is 24.5 Å². The van der Waals surface area contributed by atoms with E-state index >= 15 is 0 Å².